The van der Waals surface area contributed by atoms with E-state index in [1.54, 1.807) is 18.4 Å². The first kappa shape index (κ1) is 10.7. The second kappa shape index (κ2) is 4.21. The predicted octanol–water partition coefficient (Wildman–Crippen LogP) is 0.133. The van der Waals surface area contributed by atoms with E-state index in [1.165, 1.54) is 11.3 Å². The van der Waals surface area contributed by atoms with Crippen LogP contribution in [0, 0.1) is 0 Å². The zero-order valence-corrected chi connectivity index (χ0v) is 8.43. The molecule has 0 saturated carbocycles. The maximum Gasteiger partial charge on any atom is 0.251 e. The van der Waals surface area contributed by atoms with E-state index in [0.29, 0.717) is 10.6 Å². The summed E-state index contributed by atoms with van der Waals surface area (Å²) in [6.45, 7) is 1.56. The van der Waals surface area contributed by atoms with Crippen LogP contribution >= 0.6 is 11.3 Å². The number of thiophene rings is 1. The number of carbonyl (C=O) groups is 2. The Morgan fingerprint density at radius 1 is 1.57 bits per heavy atom. The predicted molar refractivity (Wildman–Crippen MR) is 55.1 cm³/mol. The molecule has 5 N–H and O–H groups in total. The van der Waals surface area contributed by atoms with E-state index in [9.17, 15) is 9.59 Å². The Balaban J connectivity index is 2.82. The minimum atomic E-state index is -0.613. The van der Waals surface area contributed by atoms with Gasteiger partial charge in [0.25, 0.3) is 5.91 Å². The van der Waals surface area contributed by atoms with Crippen molar-refractivity contribution in [2.45, 2.75) is 13.0 Å². The van der Waals surface area contributed by atoms with Crippen molar-refractivity contribution in [1.82, 2.24) is 0 Å². The summed E-state index contributed by atoms with van der Waals surface area (Å²) < 4.78 is 0. The van der Waals surface area contributed by atoms with Crippen LogP contribution in [-0.4, -0.2) is 17.9 Å². The molecule has 6 heteroatoms. The number of anilines is 1. The van der Waals surface area contributed by atoms with E-state index in [1.807, 2.05) is 0 Å². The third-order valence-electron chi connectivity index (χ3n) is 1.58. The van der Waals surface area contributed by atoms with Crippen LogP contribution in [0.5, 0.6) is 0 Å². The Bertz CT molecular complexity index is 359. The maximum atomic E-state index is 11.2. The summed E-state index contributed by atoms with van der Waals surface area (Å²) in [5, 5.41) is 4.65. The lowest BCUT2D eigenvalue weighted by Gasteiger charge is -2.06. The first-order valence-corrected chi connectivity index (χ1v) is 4.84. The smallest absolute Gasteiger partial charge is 0.251 e. The molecule has 1 rings (SSSR count). The van der Waals surface area contributed by atoms with Gasteiger partial charge in [0.05, 0.1) is 11.6 Å². The molecular formula is C8H11N3O2S. The molecule has 5 nitrogen and oxygen atoms in total. The Kier molecular flexibility index (Phi) is 3.21. The van der Waals surface area contributed by atoms with Gasteiger partial charge in [-0.3, -0.25) is 9.59 Å². The van der Waals surface area contributed by atoms with Gasteiger partial charge < -0.3 is 16.8 Å². The molecule has 0 bridgehead atoms. The fraction of sp³-hybridized carbons (Fsp3) is 0.250. The highest BCUT2D eigenvalue weighted by molar-refractivity contribution is 7.14. The second-order valence-electron chi connectivity index (χ2n) is 2.81. The van der Waals surface area contributed by atoms with Gasteiger partial charge in [-0.2, -0.15) is 0 Å². The fourth-order valence-corrected chi connectivity index (χ4v) is 1.62. The van der Waals surface area contributed by atoms with Crippen molar-refractivity contribution in [2.24, 2.45) is 11.5 Å². The minimum Gasteiger partial charge on any atom is -0.366 e. The summed E-state index contributed by atoms with van der Waals surface area (Å²) in [5.74, 6) is -0.902. The largest absolute Gasteiger partial charge is 0.366 e. The summed E-state index contributed by atoms with van der Waals surface area (Å²) >= 11 is 1.24. The lowest BCUT2D eigenvalue weighted by atomic mass is 10.3. The average molecular weight is 213 g/mol. The molecule has 0 fully saturated rings. The molecule has 0 radical (unpaired) electrons. The highest BCUT2D eigenvalue weighted by Gasteiger charge is 2.14. The molecule has 14 heavy (non-hydrogen) atoms. The van der Waals surface area contributed by atoms with Crippen LogP contribution in [0.25, 0.3) is 0 Å². The van der Waals surface area contributed by atoms with Crippen molar-refractivity contribution in [3.05, 3.63) is 17.0 Å². The topological polar surface area (TPSA) is 98.2 Å². The molecule has 0 aliphatic carbocycles. The summed E-state index contributed by atoms with van der Waals surface area (Å²) in [6, 6.07) is 0.946. The summed E-state index contributed by atoms with van der Waals surface area (Å²) in [7, 11) is 0. The number of hydrogen-bond acceptors (Lipinski definition) is 4. The number of nitrogens with two attached hydrogens (primary N) is 2. The zero-order valence-electron chi connectivity index (χ0n) is 7.61. The number of carbonyl (C=O) groups excluding carboxylic acids is 2. The van der Waals surface area contributed by atoms with Gasteiger partial charge >= 0.3 is 0 Å². The maximum absolute atomic E-state index is 11.2. The van der Waals surface area contributed by atoms with Crippen molar-refractivity contribution < 1.29 is 9.59 Å². The summed E-state index contributed by atoms with van der Waals surface area (Å²) in [5.41, 5.74) is 10.8. The summed E-state index contributed by atoms with van der Waals surface area (Å²) in [4.78, 5) is 22.1. The highest BCUT2D eigenvalue weighted by Crippen LogP contribution is 2.22. The molecule has 0 aliphatic rings. The van der Waals surface area contributed by atoms with Gasteiger partial charge in [-0.05, 0) is 18.4 Å². The van der Waals surface area contributed by atoms with Crippen LogP contribution in [0.4, 0.5) is 5.00 Å². The van der Waals surface area contributed by atoms with Crippen molar-refractivity contribution in [1.29, 1.82) is 0 Å². The highest BCUT2D eigenvalue weighted by atomic mass is 32.1. The molecule has 0 spiro atoms. The molecule has 2 amide bonds. The van der Waals surface area contributed by atoms with Crippen LogP contribution < -0.4 is 16.8 Å². The number of primary amides is 1. The molecule has 0 aliphatic heterocycles. The van der Waals surface area contributed by atoms with Crippen molar-refractivity contribution >= 4 is 28.2 Å². The second-order valence-corrected chi connectivity index (χ2v) is 3.72. The van der Waals surface area contributed by atoms with Crippen molar-refractivity contribution in [3.63, 3.8) is 0 Å². The molecule has 1 atom stereocenters. The summed E-state index contributed by atoms with van der Waals surface area (Å²) in [6.07, 6.45) is 0. The Morgan fingerprint density at radius 3 is 2.71 bits per heavy atom. The third-order valence-corrected chi connectivity index (χ3v) is 2.41. The number of amides is 2. The van der Waals surface area contributed by atoms with Gasteiger partial charge in [-0.15, -0.1) is 11.3 Å². The monoisotopic (exact) mass is 213 g/mol. The molecule has 0 saturated heterocycles. The third kappa shape index (κ3) is 2.30. The van der Waals surface area contributed by atoms with Crippen LogP contribution in [-0.2, 0) is 4.79 Å². The minimum absolute atomic E-state index is 0.309. The van der Waals surface area contributed by atoms with Gasteiger partial charge in [-0.1, -0.05) is 0 Å². The van der Waals surface area contributed by atoms with Crippen molar-refractivity contribution in [2.75, 3.05) is 5.32 Å². The molecule has 1 aromatic heterocycles. The molecular weight excluding hydrogens is 202 g/mol. The van der Waals surface area contributed by atoms with Gasteiger partial charge in [0, 0.05) is 0 Å². The number of nitrogens with one attached hydrogen (secondary N) is 1. The molecule has 0 aromatic carbocycles. The van der Waals surface area contributed by atoms with Gasteiger partial charge in [-0.25, -0.2) is 0 Å². The van der Waals surface area contributed by atoms with Gasteiger partial charge in [0.2, 0.25) is 5.91 Å². The fourth-order valence-electron chi connectivity index (χ4n) is 0.826. The standard InChI is InChI=1S/C8H11N3O2S/c1-4(9)7(13)11-8-5(6(10)12)2-3-14-8/h2-4H,9H2,1H3,(H2,10,12)(H,11,13)/t4-/m0/s1. The van der Waals surface area contributed by atoms with Crippen LogP contribution in [0.2, 0.25) is 0 Å². The Hall–Kier alpha value is -1.40. The normalized spacial score (nSPS) is 12.1. The Morgan fingerprint density at radius 2 is 2.21 bits per heavy atom. The Labute approximate surface area is 85.1 Å². The van der Waals surface area contributed by atoms with E-state index in [0.717, 1.165) is 0 Å². The lowest BCUT2D eigenvalue weighted by Crippen LogP contribution is -2.32. The van der Waals surface area contributed by atoms with E-state index >= 15 is 0 Å². The van der Waals surface area contributed by atoms with E-state index in [4.69, 9.17) is 11.5 Å². The molecule has 1 heterocycles. The quantitative estimate of drug-likeness (QED) is 0.665. The first-order valence-electron chi connectivity index (χ1n) is 3.96. The molecule has 0 unspecified atom stereocenters. The van der Waals surface area contributed by atoms with Crippen LogP contribution in [0.1, 0.15) is 17.3 Å². The zero-order chi connectivity index (χ0) is 10.7. The molecule has 76 valence electrons. The van der Waals surface area contributed by atoms with E-state index in [2.05, 4.69) is 5.32 Å². The molecule has 1 aromatic rings. The van der Waals surface area contributed by atoms with Gasteiger partial charge in [0.15, 0.2) is 0 Å². The van der Waals surface area contributed by atoms with Crippen LogP contribution in [0.15, 0.2) is 11.4 Å². The number of rotatable bonds is 3. The van der Waals surface area contributed by atoms with E-state index in [-0.39, 0.29) is 5.91 Å². The SMILES string of the molecule is C[C@H](N)C(=O)Nc1sccc1C(N)=O. The lowest BCUT2D eigenvalue weighted by molar-refractivity contribution is -0.117. The first-order chi connectivity index (χ1) is 6.52. The van der Waals surface area contributed by atoms with Crippen molar-refractivity contribution in [3.8, 4) is 0 Å². The van der Waals surface area contributed by atoms with Gasteiger partial charge in [0.1, 0.15) is 5.00 Å². The van der Waals surface area contributed by atoms with E-state index < -0.39 is 11.9 Å². The average Bonchev–Trinajstić information content (AvgIpc) is 2.52. The van der Waals surface area contributed by atoms with Crippen LogP contribution in [0.3, 0.4) is 0 Å². The number of hydrogen-bond donors (Lipinski definition) is 3.